The lowest BCUT2D eigenvalue weighted by molar-refractivity contribution is 0.0621. The fourth-order valence-electron chi connectivity index (χ4n) is 4.19. The Hall–Kier alpha value is -1.81. The van der Waals surface area contributed by atoms with Crippen molar-refractivity contribution in [1.29, 1.82) is 0 Å². The number of benzene rings is 1. The number of amides is 1. The van der Waals surface area contributed by atoms with E-state index in [9.17, 15) is 4.79 Å². The van der Waals surface area contributed by atoms with Crippen LogP contribution in [0, 0.1) is 5.92 Å². The van der Waals surface area contributed by atoms with E-state index in [1.807, 2.05) is 18.3 Å². The van der Waals surface area contributed by atoms with Gasteiger partial charge in [0.25, 0.3) is 5.91 Å². The summed E-state index contributed by atoms with van der Waals surface area (Å²) in [4.78, 5) is 15.4. The molecule has 4 nitrogen and oxygen atoms in total. The summed E-state index contributed by atoms with van der Waals surface area (Å²) in [5.41, 5.74) is 1.95. The second kappa shape index (κ2) is 5.68. The number of carbonyl (C=O) groups excluding carboxylic acids is 1. The number of nitrogens with one attached hydrogen (secondary N) is 1. The van der Waals surface area contributed by atoms with Crippen LogP contribution >= 0.6 is 0 Å². The molecule has 4 heterocycles. The number of para-hydroxylation sites is 1. The Morgan fingerprint density at radius 2 is 1.96 bits per heavy atom. The largest absolute Gasteiger partial charge is 0.348 e. The lowest BCUT2D eigenvalue weighted by Crippen LogP contribution is -2.57. The van der Waals surface area contributed by atoms with E-state index in [0.29, 0.717) is 18.0 Å². The first kappa shape index (κ1) is 14.8. The van der Waals surface area contributed by atoms with Crippen molar-refractivity contribution < 1.29 is 4.79 Å². The van der Waals surface area contributed by atoms with Crippen LogP contribution in [0.3, 0.4) is 0 Å². The molecule has 3 fully saturated rings. The summed E-state index contributed by atoms with van der Waals surface area (Å²) in [6.45, 7) is 7.72. The fourth-order valence-corrected chi connectivity index (χ4v) is 4.19. The maximum Gasteiger partial charge on any atom is 0.253 e. The number of nitrogens with zero attached hydrogens (tertiary/aromatic N) is 2. The molecule has 3 saturated heterocycles. The molecule has 2 bridgehead atoms. The average molecular weight is 311 g/mol. The van der Waals surface area contributed by atoms with Gasteiger partial charge in [-0.15, -0.1) is 0 Å². The van der Waals surface area contributed by atoms with Gasteiger partial charge in [-0.25, -0.2) is 0 Å². The van der Waals surface area contributed by atoms with Crippen molar-refractivity contribution in [2.75, 3.05) is 19.6 Å². The van der Waals surface area contributed by atoms with Crippen molar-refractivity contribution >= 4 is 16.8 Å². The monoisotopic (exact) mass is 311 g/mol. The number of hydrogen-bond acceptors (Lipinski definition) is 2. The molecule has 0 saturated carbocycles. The predicted octanol–water partition coefficient (Wildman–Crippen LogP) is 3.05. The van der Waals surface area contributed by atoms with Gasteiger partial charge in [-0.3, -0.25) is 4.79 Å². The minimum atomic E-state index is 0.0827. The lowest BCUT2D eigenvalue weighted by atomic mass is 9.84. The smallest absolute Gasteiger partial charge is 0.253 e. The molecule has 1 atom stereocenters. The van der Waals surface area contributed by atoms with Gasteiger partial charge < -0.3 is 14.8 Å². The number of hydrogen-bond donors (Lipinski definition) is 1. The molecule has 122 valence electrons. The third-order valence-electron chi connectivity index (χ3n) is 5.51. The van der Waals surface area contributed by atoms with E-state index >= 15 is 0 Å². The zero-order valence-electron chi connectivity index (χ0n) is 14.0. The molecule has 4 heteroatoms. The van der Waals surface area contributed by atoms with E-state index in [1.54, 1.807) is 0 Å². The molecular weight excluding hydrogens is 286 g/mol. The van der Waals surface area contributed by atoms with Crippen molar-refractivity contribution in [3.05, 3.63) is 36.0 Å². The normalized spacial score (nSPS) is 26.8. The minimum absolute atomic E-state index is 0.0827. The Morgan fingerprint density at radius 3 is 2.61 bits per heavy atom. The first-order valence-corrected chi connectivity index (χ1v) is 8.76. The zero-order chi connectivity index (χ0) is 16.0. The predicted molar refractivity (Wildman–Crippen MR) is 92.7 cm³/mol. The molecule has 0 radical (unpaired) electrons. The SMILES string of the molecule is CC(C)n1cc(C(=O)N[C@H]2CN3CCC2CC3)c2ccccc21. The van der Waals surface area contributed by atoms with Crippen LogP contribution in [0.5, 0.6) is 0 Å². The number of piperidine rings is 3. The summed E-state index contributed by atoms with van der Waals surface area (Å²) in [5.74, 6) is 0.738. The van der Waals surface area contributed by atoms with E-state index < -0.39 is 0 Å². The molecule has 3 aliphatic rings. The topological polar surface area (TPSA) is 37.3 Å². The van der Waals surface area contributed by atoms with Gasteiger partial charge in [-0.2, -0.15) is 0 Å². The lowest BCUT2D eigenvalue weighted by Gasteiger charge is -2.44. The summed E-state index contributed by atoms with van der Waals surface area (Å²) in [7, 11) is 0. The van der Waals surface area contributed by atoms with Crippen LogP contribution in [0.2, 0.25) is 0 Å². The Bertz CT molecular complexity index is 725. The Balaban J connectivity index is 1.62. The molecule has 1 amide bonds. The molecular formula is C19H25N3O. The van der Waals surface area contributed by atoms with E-state index in [4.69, 9.17) is 0 Å². The minimum Gasteiger partial charge on any atom is -0.348 e. The highest BCUT2D eigenvalue weighted by molar-refractivity contribution is 6.07. The molecule has 2 aromatic rings. The molecule has 1 aromatic carbocycles. The summed E-state index contributed by atoms with van der Waals surface area (Å²) < 4.78 is 2.20. The number of rotatable bonds is 3. The molecule has 1 aromatic heterocycles. The molecule has 5 rings (SSSR count). The fraction of sp³-hybridized carbons (Fsp3) is 0.526. The van der Waals surface area contributed by atoms with Crippen molar-refractivity contribution in [3.63, 3.8) is 0 Å². The first-order valence-electron chi connectivity index (χ1n) is 8.76. The van der Waals surface area contributed by atoms with Crippen LogP contribution in [0.25, 0.3) is 10.9 Å². The summed E-state index contributed by atoms with van der Waals surface area (Å²) >= 11 is 0. The van der Waals surface area contributed by atoms with E-state index in [-0.39, 0.29) is 5.91 Å². The van der Waals surface area contributed by atoms with Crippen molar-refractivity contribution in [1.82, 2.24) is 14.8 Å². The molecule has 0 spiro atoms. The molecule has 0 unspecified atom stereocenters. The van der Waals surface area contributed by atoms with E-state index in [2.05, 4.69) is 40.8 Å². The highest BCUT2D eigenvalue weighted by Crippen LogP contribution is 2.29. The van der Waals surface area contributed by atoms with Gasteiger partial charge in [-0.1, -0.05) is 18.2 Å². The van der Waals surface area contributed by atoms with Gasteiger partial charge in [0.05, 0.1) is 5.56 Å². The van der Waals surface area contributed by atoms with Crippen LogP contribution in [0.4, 0.5) is 0 Å². The zero-order valence-corrected chi connectivity index (χ0v) is 14.0. The Labute approximate surface area is 137 Å². The number of aromatic nitrogens is 1. The van der Waals surface area contributed by atoms with E-state index in [0.717, 1.165) is 23.0 Å². The molecule has 23 heavy (non-hydrogen) atoms. The first-order chi connectivity index (χ1) is 11.1. The van der Waals surface area contributed by atoms with Crippen LogP contribution < -0.4 is 5.32 Å². The van der Waals surface area contributed by atoms with Crippen molar-refractivity contribution in [3.8, 4) is 0 Å². The van der Waals surface area contributed by atoms with Crippen molar-refractivity contribution in [2.24, 2.45) is 5.92 Å². The van der Waals surface area contributed by atoms with Gasteiger partial charge >= 0.3 is 0 Å². The quantitative estimate of drug-likeness (QED) is 0.946. The van der Waals surface area contributed by atoms with Crippen LogP contribution in [-0.2, 0) is 0 Å². The average Bonchev–Trinajstić information content (AvgIpc) is 2.96. The Kier molecular flexibility index (Phi) is 3.64. The maximum atomic E-state index is 12.9. The van der Waals surface area contributed by atoms with Gasteiger partial charge in [0.15, 0.2) is 0 Å². The van der Waals surface area contributed by atoms with Gasteiger partial charge in [0.2, 0.25) is 0 Å². The third-order valence-corrected chi connectivity index (χ3v) is 5.51. The second-order valence-electron chi connectivity index (χ2n) is 7.28. The van der Waals surface area contributed by atoms with Gasteiger partial charge in [0.1, 0.15) is 0 Å². The van der Waals surface area contributed by atoms with Crippen LogP contribution in [0.1, 0.15) is 43.1 Å². The molecule has 1 N–H and O–H groups in total. The summed E-state index contributed by atoms with van der Waals surface area (Å²) in [6, 6.07) is 8.86. The number of carbonyl (C=O) groups is 1. The molecule has 3 aliphatic heterocycles. The highest BCUT2D eigenvalue weighted by atomic mass is 16.1. The molecule has 0 aliphatic carbocycles. The third kappa shape index (κ3) is 2.55. The Morgan fingerprint density at radius 1 is 1.22 bits per heavy atom. The van der Waals surface area contributed by atoms with Gasteiger partial charge in [0, 0.05) is 35.7 Å². The van der Waals surface area contributed by atoms with Crippen LogP contribution in [-0.4, -0.2) is 41.1 Å². The highest BCUT2D eigenvalue weighted by Gasteiger charge is 2.35. The van der Waals surface area contributed by atoms with Crippen LogP contribution in [0.15, 0.2) is 30.5 Å². The standard InChI is InChI=1S/C19H25N3O/c1-13(2)22-11-16(15-5-3-4-6-18(15)22)19(23)20-17-12-21-9-7-14(17)8-10-21/h3-6,11,13-14,17H,7-10,12H2,1-2H3,(H,20,23)/t17-/m0/s1. The van der Waals surface area contributed by atoms with Crippen molar-refractivity contribution in [2.45, 2.75) is 38.8 Å². The summed E-state index contributed by atoms with van der Waals surface area (Å²) in [5, 5.41) is 4.37. The number of fused-ring (bicyclic) bond motifs is 4. The van der Waals surface area contributed by atoms with E-state index in [1.165, 1.54) is 25.9 Å². The second-order valence-corrected chi connectivity index (χ2v) is 7.28. The maximum absolute atomic E-state index is 12.9. The van der Waals surface area contributed by atoms with Gasteiger partial charge in [-0.05, 0) is 51.8 Å². The summed E-state index contributed by atoms with van der Waals surface area (Å²) in [6.07, 6.45) is 4.46.